The summed E-state index contributed by atoms with van der Waals surface area (Å²) in [6.07, 6.45) is 4.34. The Kier molecular flexibility index (Phi) is 4.29. The van der Waals surface area contributed by atoms with Gasteiger partial charge in [0.2, 0.25) is 11.8 Å². The number of nitrogens with zero attached hydrogens (tertiary/aromatic N) is 4. The number of nitrogens with one attached hydrogen (secondary N) is 1. The van der Waals surface area contributed by atoms with Gasteiger partial charge in [0, 0.05) is 24.4 Å². The fourth-order valence-electron chi connectivity index (χ4n) is 3.30. The van der Waals surface area contributed by atoms with E-state index < -0.39 is 0 Å². The lowest BCUT2D eigenvalue weighted by molar-refractivity contribution is -0.121. The van der Waals surface area contributed by atoms with Crippen LogP contribution < -0.4 is 5.32 Å². The molecule has 2 unspecified atom stereocenters. The third-order valence-corrected chi connectivity index (χ3v) is 5.01. The molecule has 8 nitrogen and oxygen atoms in total. The van der Waals surface area contributed by atoms with Gasteiger partial charge in [0.15, 0.2) is 11.6 Å². The second kappa shape index (κ2) is 6.59. The van der Waals surface area contributed by atoms with E-state index in [0.29, 0.717) is 17.5 Å². The molecular formula is C17H23N5O3. The molecule has 2 atom stereocenters. The average molecular weight is 345 g/mol. The standard InChI is InChI=1S/C17H23N5O3/c1-10-8-14(20-24-10)18-16(23)11(2)22-7-3-4-13(9-22)15-19-17(25-21-15)12-5-6-12/h8,11-13H,3-7,9H2,1-2H3,(H,18,20,23). The Balaban J connectivity index is 1.38. The van der Waals surface area contributed by atoms with E-state index >= 15 is 0 Å². The summed E-state index contributed by atoms with van der Waals surface area (Å²) < 4.78 is 10.4. The topological polar surface area (TPSA) is 97.3 Å². The highest BCUT2D eigenvalue weighted by Crippen LogP contribution is 2.39. The maximum atomic E-state index is 12.5. The monoisotopic (exact) mass is 345 g/mol. The number of aryl methyl sites for hydroxylation is 1. The van der Waals surface area contributed by atoms with Crippen molar-refractivity contribution >= 4 is 11.7 Å². The van der Waals surface area contributed by atoms with E-state index in [1.807, 2.05) is 6.92 Å². The van der Waals surface area contributed by atoms with Gasteiger partial charge >= 0.3 is 0 Å². The first kappa shape index (κ1) is 16.3. The van der Waals surface area contributed by atoms with E-state index in [9.17, 15) is 4.79 Å². The SMILES string of the molecule is Cc1cc(NC(=O)C(C)N2CCCC(c3noc(C4CC4)n3)C2)no1. The molecule has 0 aromatic carbocycles. The Labute approximate surface area is 145 Å². The Morgan fingerprint density at radius 1 is 1.28 bits per heavy atom. The molecule has 1 N–H and O–H groups in total. The van der Waals surface area contributed by atoms with Crippen molar-refractivity contribution < 1.29 is 13.8 Å². The van der Waals surface area contributed by atoms with E-state index in [1.54, 1.807) is 13.0 Å². The summed E-state index contributed by atoms with van der Waals surface area (Å²) in [6, 6.07) is 1.46. The van der Waals surface area contributed by atoms with Crippen LogP contribution in [0.1, 0.15) is 61.9 Å². The van der Waals surface area contributed by atoms with Crippen molar-refractivity contribution in [3.8, 4) is 0 Å². The quantitative estimate of drug-likeness (QED) is 0.889. The van der Waals surface area contributed by atoms with Gasteiger partial charge in [-0.3, -0.25) is 9.69 Å². The number of hydrogen-bond acceptors (Lipinski definition) is 7. The first-order valence-electron chi connectivity index (χ1n) is 8.92. The van der Waals surface area contributed by atoms with E-state index in [-0.39, 0.29) is 17.9 Å². The molecule has 2 aliphatic rings. The highest BCUT2D eigenvalue weighted by Gasteiger charge is 2.33. The number of amides is 1. The van der Waals surface area contributed by atoms with Crippen LogP contribution in [0.5, 0.6) is 0 Å². The first-order chi connectivity index (χ1) is 12.1. The maximum Gasteiger partial charge on any atom is 0.242 e. The fraction of sp³-hybridized carbons (Fsp3) is 0.647. The molecule has 1 aliphatic carbocycles. The smallest absolute Gasteiger partial charge is 0.242 e. The van der Waals surface area contributed by atoms with Crippen molar-refractivity contribution in [1.29, 1.82) is 0 Å². The second-order valence-corrected chi connectivity index (χ2v) is 7.09. The van der Waals surface area contributed by atoms with Gasteiger partial charge in [-0.25, -0.2) is 0 Å². The minimum absolute atomic E-state index is 0.0827. The van der Waals surface area contributed by atoms with Gasteiger partial charge in [0.1, 0.15) is 5.76 Å². The Bertz CT molecular complexity index is 751. The summed E-state index contributed by atoms with van der Waals surface area (Å²) in [5.74, 6) is 3.29. The number of carbonyl (C=O) groups is 1. The minimum Gasteiger partial charge on any atom is -0.360 e. The van der Waals surface area contributed by atoms with Crippen molar-refractivity contribution in [1.82, 2.24) is 20.2 Å². The lowest BCUT2D eigenvalue weighted by atomic mass is 9.96. The Morgan fingerprint density at radius 2 is 2.12 bits per heavy atom. The largest absolute Gasteiger partial charge is 0.360 e. The van der Waals surface area contributed by atoms with Crippen molar-refractivity contribution in [2.45, 2.75) is 57.4 Å². The third kappa shape index (κ3) is 3.58. The molecule has 2 fully saturated rings. The van der Waals surface area contributed by atoms with E-state index in [0.717, 1.165) is 50.5 Å². The van der Waals surface area contributed by atoms with Crippen LogP contribution in [0.25, 0.3) is 0 Å². The molecule has 25 heavy (non-hydrogen) atoms. The maximum absolute atomic E-state index is 12.5. The van der Waals surface area contributed by atoms with Crippen LogP contribution in [-0.4, -0.2) is 45.2 Å². The molecule has 0 spiro atoms. The number of anilines is 1. The minimum atomic E-state index is -0.255. The molecule has 0 radical (unpaired) electrons. The van der Waals surface area contributed by atoms with E-state index in [1.165, 1.54) is 0 Å². The molecule has 4 rings (SSSR count). The first-order valence-corrected chi connectivity index (χ1v) is 8.92. The molecule has 3 heterocycles. The van der Waals surface area contributed by atoms with Gasteiger partial charge < -0.3 is 14.4 Å². The lowest BCUT2D eigenvalue weighted by Gasteiger charge is -2.34. The zero-order valence-electron chi connectivity index (χ0n) is 14.6. The summed E-state index contributed by atoms with van der Waals surface area (Å²) >= 11 is 0. The molecule has 1 amide bonds. The zero-order chi connectivity index (χ0) is 17.4. The zero-order valence-corrected chi connectivity index (χ0v) is 14.6. The summed E-state index contributed by atoms with van der Waals surface area (Å²) in [7, 11) is 0. The molecule has 1 saturated carbocycles. The van der Waals surface area contributed by atoms with Crippen LogP contribution in [0.4, 0.5) is 5.82 Å². The number of carbonyl (C=O) groups excluding carboxylic acids is 1. The van der Waals surface area contributed by atoms with Gasteiger partial charge in [-0.15, -0.1) is 0 Å². The van der Waals surface area contributed by atoms with Crippen molar-refractivity contribution in [3.05, 3.63) is 23.5 Å². The molecule has 1 saturated heterocycles. The van der Waals surface area contributed by atoms with E-state index in [2.05, 4.69) is 25.5 Å². The van der Waals surface area contributed by atoms with Crippen LogP contribution >= 0.6 is 0 Å². The molecule has 134 valence electrons. The summed E-state index contributed by atoms with van der Waals surface area (Å²) in [5.41, 5.74) is 0. The van der Waals surface area contributed by atoms with Gasteiger partial charge in [0.05, 0.1) is 6.04 Å². The molecule has 0 bridgehead atoms. The number of aromatic nitrogens is 3. The van der Waals surface area contributed by atoms with Crippen LogP contribution in [-0.2, 0) is 4.79 Å². The number of hydrogen-bond donors (Lipinski definition) is 1. The highest BCUT2D eigenvalue weighted by atomic mass is 16.5. The van der Waals surface area contributed by atoms with Gasteiger partial charge in [-0.1, -0.05) is 10.3 Å². The van der Waals surface area contributed by atoms with Gasteiger partial charge in [-0.2, -0.15) is 4.98 Å². The molecule has 8 heteroatoms. The third-order valence-electron chi connectivity index (χ3n) is 5.01. The summed E-state index contributed by atoms with van der Waals surface area (Å²) in [5, 5.41) is 10.8. The van der Waals surface area contributed by atoms with Crippen LogP contribution in [0.2, 0.25) is 0 Å². The molecule has 2 aromatic heterocycles. The number of rotatable bonds is 5. The normalized spacial score (nSPS) is 22.7. The van der Waals surface area contributed by atoms with Crippen molar-refractivity contribution in [2.75, 3.05) is 18.4 Å². The van der Waals surface area contributed by atoms with Crippen molar-refractivity contribution in [2.24, 2.45) is 0 Å². The van der Waals surface area contributed by atoms with E-state index in [4.69, 9.17) is 9.05 Å². The molecule has 2 aromatic rings. The fourth-order valence-corrected chi connectivity index (χ4v) is 3.30. The number of likely N-dealkylation sites (tertiary alicyclic amines) is 1. The predicted octanol–water partition coefficient (Wildman–Crippen LogP) is 2.45. The lowest BCUT2D eigenvalue weighted by Crippen LogP contribution is -2.46. The van der Waals surface area contributed by atoms with Gasteiger partial charge in [-0.05, 0) is 46.1 Å². The summed E-state index contributed by atoms with van der Waals surface area (Å²) in [4.78, 5) is 19.2. The number of piperidine rings is 1. The van der Waals surface area contributed by atoms with Gasteiger partial charge in [0.25, 0.3) is 0 Å². The average Bonchev–Trinajstić information content (AvgIpc) is 3.21. The highest BCUT2D eigenvalue weighted by molar-refractivity contribution is 5.93. The van der Waals surface area contributed by atoms with Crippen molar-refractivity contribution in [3.63, 3.8) is 0 Å². The Morgan fingerprint density at radius 3 is 2.84 bits per heavy atom. The van der Waals surface area contributed by atoms with Crippen LogP contribution in [0, 0.1) is 6.92 Å². The molecule has 1 aliphatic heterocycles. The predicted molar refractivity (Wildman–Crippen MR) is 89.2 cm³/mol. The van der Waals surface area contributed by atoms with Crippen LogP contribution in [0.15, 0.2) is 15.1 Å². The Hall–Kier alpha value is -2.22. The molecular weight excluding hydrogens is 322 g/mol. The summed E-state index contributed by atoms with van der Waals surface area (Å²) in [6.45, 7) is 5.35. The second-order valence-electron chi connectivity index (χ2n) is 7.09. The van der Waals surface area contributed by atoms with Crippen LogP contribution in [0.3, 0.4) is 0 Å².